The van der Waals surface area contributed by atoms with E-state index in [9.17, 15) is 4.79 Å². The fourth-order valence-electron chi connectivity index (χ4n) is 4.11. The third-order valence-electron chi connectivity index (χ3n) is 6.54. The number of aryl methyl sites for hydroxylation is 1. The lowest BCUT2D eigenvalue weighted by molar-refractivity contribution is -0.120. The van der Waals surface area contributed by atoms with Gasteiger partial charge in [-0.1, -0.05) is 46.8 Å². The van der Waals surface area contributed by atoms with Gasteiger partial charge in [0, 0.05) is 36.5 Å². The number of ketones is 1. The molecule has 0 bridgehead atoms. The van der Waals surface area contributed by atoms with Crippen LogP contribution in [0.1, 0.15) is 76.6 Å². The molecule has 168 valence electrons. The van der Waals surface area contributed by atoms with Crippen LogP contribution in [0, 0.1) is 5.92 Å². The fraction of sp³-hybridized carbons (Fsp3) is 0.538. The molecule has 1 fully saturated rings. The number of aromatic nitrogens is 1. The number of pyridine rings is 1. The fourth-order valence-corrected chi connectivity index (χ4v) is 4.11. The van der Waals surface area contributed by atoms with Crippen LogP contribution >= 0.6 is 0 Å². The van der Waals surface area contributed by atoms with E-state index in [0.717, 1.165) is 36.1 Å². The molecule has 0 radical (unpaired) electrons. The van der Waals surface area contributed by atoms with Gasteiger partial charge >= 0.3 is 0 Å². The zero-order valence-electron chi connectivity index (χ0n) is 19.7. The molecule has 0 amide bonds. The summed E-state index contributed by atoms with van der Waals surface area (Å²) in [6.07, 6.45) is 3.57. The van der Waals surface area contributed by atoms with Gasteiger partial charge in [-0.25, -0.2) is 4.98 Å². The van der Waals surface area contributed by atoms with Gasteiger partial charge in [0.15, 0.2) is 0 Å². The standard InChI is InChI=1S/C26H38N4O/c1-17-12-14-30(15-13-17)25-19(8-11-24(29-25)26(3,4)5)7-10-23(31)18(2)20-6-9-21(27)22(28)16-20/h6,8-9,11,16-18H,7,10,12-15,27-28H2,1-5H3. The molecule has 1 aromatic carbocycles. The van der Waals surface area contributed by atoms with Crippen LogP contribution in [0.3, 0.4) is 0 Å². The summed E-state index contributed by atoms with van der Waals surface area (Å²) in [5, 5.41) is 0. The Labute approximate surface area is 187 Å². The summed E-state index contributed by atoms with van der Waals surface area (Å²) in [5.74, 6) is 1.84. The SMILES string of the molecule is CC1CCN(c2nc(C(C)(C)C)ccc2CCC(=O)C(C)c2ccc(N)c(N)c2)CC1. The van der Waals surface area contributed by atoms with Crippen molar-refractivity contribution in [2.24, 2.45) is 5.92 Å². The van der Waals surface area contributed by atoms with Crippen LogP contribution in [0.4, 0.5) is 17.2 Å². The van der Waals surface area contributed by atoms with Gasteiger partial charge in [-0.05, 0) is 54.5 Å². The van der Waals surface area contributed by atoms with E-state index in [-0.39, 0.29) is 17.1 Å². The number of carbonyl (C=O) groups excluding carboxylic acids is 1. The van der Waals surface area contributed by atoms with Crippen molar-refractivity contribution in [1.29, 1.82) is 0 Å². The number of nitrogens with two attached hydrogens (primary N) is 2. The van der Waals surface area contributed by atoms with Gasteiger partial charge in [-0.15, -0.1) is 0 Å². The second kappa shape index (κ2) is 9.29. The Morgan fingerprint density at radius 3 is 2.42 bits per heavy atom. The molecule has 2 aromatic rings. The number of hydrogen-bond donors (Lipinski definition) is 2. The molecule has 5 heteroatoms. The zero-order chi connectivity index (χ0) is 22.8. The Kier molecular flexibility index (Phi) is 6.93. The Morgan fingerprint density at radius 2 is 1.81 bits per heavy atom. The smallest absolute Gasteiger partial charge is 0.140 e. The number of piperidine rings is 1. The maximum atomic E-state index is 13.0. The molecule has 0 spiro atoms. The van der Waals surface area contributed by atoms with E-state index in [1.54, 1.807) is 6.07 Å². The summed E-state index contributed by atoms with van der Waals surface area (Å²) in [5.41, 5.74) is 16.0. The van der Waals surface area contributed by atoms with E-state index < -0.39 is 0 Å². The molecule has 5 nitrogen and oxygen atoms in total. The normalized spacial score (nSPS) is 16.4. The molecule has 1 saturated heterocycles. The highest BCUT2D eigenvalue weighted by molar-refractivity contribution is 5.86. The lowest BCUT2D eigenvalue weighted by atomic mass is 9.90. The summed E-state index contributed by atoms with van der Waals surface area (Å²) in [7, 11) is 0. The number of benzene rings is 1. The molecule has 31 heavy (non-hydrogen) atoms. The molecule has 1 unspecified atom stereocenters. The van der Waals surface area contributed by atoms with Crippen molar-refractivity contribution in [3.63, 3.8) is 0 Å². The number of rotatable bonds is 6. The van der Waals surface area contributed by atoms with E-state index in [0.29, 0.717) is 24.2 Å². The van der Waals surface area contributed by atoms with Gasteiger partial charge in [-0.3, -0.25) is 4.79 Å². The molecule has 0 saturated carbocycles. The van der Waals surface area contributed by atoms with E-state index in [1.165, 1.54) is 18.4 Å². The maximum Gasteiger partial charge on any atom is 0.140 e. The number of Topliss-reactive ketones (excluding diaryl/α,β-unsaturated/α-hetero) is 1. The van der Waals surface area contributed by atoms with E-state index in [4.69, 9.17) is 16.5 Å². The largest absolute Gasteiger partial charge is 0.397 e. The summed E-state index contributed by atoms with van der Waals surface area (Å²) in [4.78, 5) is 20.5. The van der Waals surface area contributed by atoms with Crippen LogP contribution in [0.15, 0.2) is 30.3 Å². The monoisotopic (exact) mass is 422 g/mol. The Hall–Kier alpha value is -2.56. The highest BCUT2D eigenvalue weighted by Crippen LogP contribution is 2.30. The summed E-state index contributed by atoms with van der Waals surface area (Å²) in [6.45, 7) is 12.9. The molecule has 1 aromatic heterocycles. The minimum Gasteiger partial charge on any atom is -0.397 e. The minimum absolute atomic E-state index is 0.00419. The van der Waals surface area contributed by atoms with E-state index >= 15 is 0 Å². The average molecular weight is 423 g/mol. The number of anilines is 3. The highest BCUT2D eigenvalue weighted by Gasteiger charge is 2.24. The third kappa shape index (κ3) is 5.57. The first kappa shape index (κ1) is 23.1. The van der Waals surface area contributed by atoms with Crippen molar-refractivity contribution in [1.82, 2.24) is 4.98 Å². The maximum absolute atomic E-state index is 13.0. The highest BCUT2D eigenvalue weighted by atomic mass is 16.1. The number of nitrogens with zero attached hydrogens (tertiary/aromatic N) is 2. The van der Waals surface area contributed by atoms with Crippen molar-refractivity contribution < 1.29 is 4.79 Å². The molecule has 0 aliphatic carbocycles. The average Bonchev–Trinajstić information content (AvgIpc) is 2.73. The topological polar surface area (TPSA) is 85.2 Å². The van der Waals surface area contributed by atoms with Crippen LogP contribution in [-0.4, -0.2) is 23.9 Å². The van der Waals surface area contributed by atoms with Gasteiger partial charge in [0.1, 0.15) is 11.6 Å². The first-order valence-electron chi connectivity index (χ1n) is 11.5. The van der Waals surface area contributed by atoms with Crippen molar-refractivity contribution >= 4 is 23.0 Å². The predicted molar refractivity (Wildman–Crippen MR) is 131 cm³/mol. The van der Waals surface area contributed by atoms with Gasteiger partial charge in [-0.2, -0.15) is 0 Å². The first-order valence-corrected chi connectivity index (χ1v) is 11.5. The molecule has 1 atom stereocenters. The molecule has 2 heterocycles. The van der Waals surface area contributed by atoms with Crippen molar-refractivity contribution in [3.8, 4) is 0 Å². The Morgan fingerprint density at radius 1 is 1.13 bits per heavy atom. The van der Waals surface area contributed by atoms with Crippen LogP contribution in [0.2, 0.25) is 0 Å². The van der Waals surface area contributed by atoms with Crippen molar-refractivity contribution in [2.75, 3.05) is 29.5 Å². The molecule has 1 aliphatic rings. The second-order valence-corrected chi connectivity index (χ2v) is 10.2. The third-order valence-corrected chi connectivity index (χ3v) is 6.54. The van der Waals surface area contributed by atoms with Gasteiger partial charge < -0.3 is 16.4 Å². The second-order valence-electron chi connectivity index (χ2n) is 10.2. The zero-order valence-corrected chi connectivity index (χ0v) is 19.7. The quantitative estimate of drug-likeness (QED) is 0.634. The lowest BCUT2D eigenvalue weighted by Crippen LogP contribution is -2.34. The number of hydrogen-bond acceptors (Lipinski definition) is 5. The minimum atomic E-state index is -0.205. The van der Waals surface area contributed by atoms with Crippen LogP contribution < -0.4 is 16.4 Å². The van der Waals surface area contributed by atoms with Gasteiger partial charge in [0.05, 0.1) is 11.4 Å². The van der Waals surface area contributed by atoms with Gasteiger partial charge in [0.25, 0.3) is 0 Å². The van der Waals surface area contributed by atoms with Crippen LogP contribution in [-0.2, 0) is 16.6 Å². The van der Waals surface area contributed by atoms with E-state index in [2.05, 4.69) is 44.7 Å². The van der Waals surface area contributed by atoms with Crippen LogP contribution in [0.25, 0.3) is 0 Å². The summed E-state index contributed by atoms with van der Waals surface area (Å²) in [6, 6.07) is 9.80. The van der Waals surface area contributed by atoms with Gasteiger partial charge in [0.2, 0.25) is 0 Å². The molecule has 3 rings (SSSR count). The molecular weight excluding hydrogens is 384 g/mol. The number of nitrogen functional groups attached to an aromatic ring is 2. The van der Waals surface area contributed by atoms with Crippen molar-refractivity contribution in [3.05, 3.63) is 47.2 Å². The first-order chi connectivity index (χ1) is 14.6. The Balaban J connectivity index is 1.78. The lowest BCUT2D eigenvalue weighted by Gasteiger charge is -2.33. The molecule has 1 aliphatic heterocycles. The molecular formula is C26H38N4O. The Bertz CT molecular complexity index is 923. The van der Waals surface area contributed by atoms with Crippen molar-refractivity contribution in [2.45, 2.75) is 71.6 Å². The summed E-state index contributed by atoms with van der Waals surface area (Å²) < 4.78 is 0. The number of carbonyl (C=O) groups is 1. The predicted octanol–water partition coefficient (Wildman–Crippen LogP) is 5.09. The molecule has 4 N–H and O–H groups in total. The van der Waals surface area contributed by atoms with Crippen LogP contribution in [0.5, 0.6) is 0 Å². The van der Waals surface area contributed by atoms with E-state index in [1.807, 2.05) is 19.1 Å². The summed E-state index contributed by atoms with van der Waals surface area (Å²) >= 11 is 0.